The zero-order chi connectivity index (χ0) is 20.0. The van der Waals surface area contributed by atoms with Gasteiger partial charge in [0.25, 0.3) is 0 Å². The zero-order valence-electron chi connectivity index (χ0n) is 15.8. The summed E-state index contributed by atoms with van der Waals surface area (Å²) in [7, 11) is 0. The van der Waals surface area contributed by atoms with Gasteiger partial charge in [-0.15, -0.1) is 0 Å². The van der Waals surface area contributed by atoms with E-state index in [1.165, 1.54) is 0 Å². The Balaban J connectivity index is 1.81. The van der Waals surface area contributed by atoms with Gasteiger partial charge in [0, 0.05) is 35.6 Å². The SMILES string of the molecule is CCNC(=O)Nc1cccc(NC(=O)C2(c3ccc(Br)cc3)CCOCC2)c1. The Kier molecular flexibility index (Phi) is 6.70. The summed E-state index contributed by atoms with van der Waals surface area (Å²) in [6.07, 6.45) is 1.24. The minimum absolute atomic E-state index is 0.0618. The number of benzene rings is 2. The van der Waals surface area contributed by atoms with Gasteiger partial charge in [-0.1, -0.05) is 34.1 Å². The number of nitrogens with one attached hydrogen (secondary N) is 3. The average Bonchev–Trinajstić information content (AvgIpc) is 2.69. The van der Waals surface area contributed by atoms with Gasteiger partial charge in [0.1, 0.15) is 0 Å². The molecule has 0 aromatic heterocycles. The Morgan fingerprint density at radius 1 is 1.04 bits per heavy atom. The van der Waals surface area contributed by atoms with Gasteiger partial charge in [-0.25, -0.2) is 4.79 Å². The molecule has 3 N–H and O–H groups in total. The monoisotopic (exact) mass is 445 g/mol. The van der Waals surface area contributed by atoms with E-state index in [1.54, 1.807) is 18.2 Å². The lowest BCUT2D eigenvalue weighted by Crippen LogP contribution is -2.44. The van der Waals surface area contributed by atoms with Crippen molar-refractivity contribution < 1.29 is 14.3 Å². The minimum atomic E-state index is -0.637. The van der Waals surface area contributed by atoms with E-state index < -0.39 is 5.41 Å². The van der Waals surface area contributed by atoms with Gasteiger partial charge in [-0.3, -0.25) is 4.79 Å². The van der Waals surface area contributed by atoms with E-state index >= 15 is 0 Å². The van der Waals surface area contributed by atoms with Gasteiger partial charge in [-0.2, -0.15) is 0 Å². The van der Waals surface area contributed by atoms with Crippen LogP contribution in [0.25, 0.3) is 0 Å². The second-order valence-electron chi connectivity index (χ2n) is 6.72. The summed E-state index contributed by atoms with van der Waals surface area (Å²) >= 11 is 3.45. The highest BCUT2D eigenvalue weighted by Crippen LogP contribution is 2.37. The maximum absolute atomic E-state index is 13.3. The Bertz CT molecular complexity index is 833. The van der Waals surface area contributed by atoms with Crippen molar-refractivity contribution in [2.75, 3.05) is 30.4 Å². The molecule has 2 aromatic rings. The molecule has 0 unspecified atom stereocenters. The predicted molar refractivity (Wildman–Crippen MR) is 114 cm³/mol. The van der Waals surface area contributed by atoms with Crippen LogP contribution in [-0.4, -0.2) is 31.7 Å². The van der Waals surface area contributed by atoms with Crippen molar-refractivity contribution in [2.24, 2.45) is 0 Å². The van der Waals surface area contributed by atoms with Crippen molar-refractivity contribution in [3.8, 4) is 0 Å². The maximum atomic E-state index is 13.3. The zero-order valence-corrected chi connectivity index (χ0v) is 17.3. The molecule has 1 heterocycles. The van der Waals surface area contributed by atoms with Gasteiger partial charge in [0.2, 0.25) is 5.91 Å². The van der Waals surface area contributed by atoms with E-state index in [2.05, 4.69) is 31.9 Å². The lowest BCUT2D eigenvalue weighted by atomic mass is 9.73. The quantitative estimate of drug-likeness (QED) is 0.642. The van der Waals surface area contributed by atoms with Crippen LogP contribution < -0.4 is 16.0 Å². The summed E-state index contributed by atoms with van der Waals surface area (Å²) in [6, 6.07) is 14.8. The fourth-order valence-corrected chi connectivity index (χ4v) is 3.66. The third-order valence-electron chi connectivity index (χ3n) is 4.89. The largest absolute Gasteiger partial charge is 0.381 e. The molecule has 3 rings (SSSR count). The van der Waals surface area contributed by atoms with Crippen LogP contribution in [0.4, 0.5) is 16.2 Å². The highest BCUT2D eigenvalue weighted by atomic mass is 79.9. The molecule has 1 fully saturated rings. The normalized spacial score (nSPS) is 15.5. The fourth-order valence-electron chi connectivity index (χ4n) is 3.40. The summed E-state index contributed by atoms with van der Waals surface area (Å²) in [6.45, 7) is 3.48. The van der Waals surface area contributed by atoms with Gasteiger partial charge in [-0.05, 0) is 55.7 Å². The Morgan fingerprint density at radius 3 is 2.32 bits per heavy atom. The average molecular weight is 446 g/mol. The number of carbonyl (C=O) groups is 2. The lowest BCUT2D eigenvalue weighted by molar-refractivity contribution is -0.125. The van der Waals surface area contributed by atoms with Gasteiger partial charge < -0.3 is 20.7 Å². The standard InChI is InChI=1S/C21H24BrN3O3/c1-2-23-20(27)25-18-5-3-4-17(14-18)24-19(26)21(10-12-28-13-11-21)15-6-8-16(22)9-7-15/h3-9,14H,2,10-13H2,1H3,(H,24,26)(H2,23,25,27). The van der Waals surface area contributed by atoms with Crippen LogP contribution in [0.3, 0.4) is 0 Å². The smallest absolute Gasteiger partial charge is 0.319 e. The van der Waals surface area contributed by atoms with Gasteiger partial charge in [0.05, 0.1) is 5.41 Å². The molecule has 28 heavy (non-hydrogen) atoms. The maximum Gasteiger partial charge on any atom is 0.319 e. The molecule has 0 aliphatic carbocycles. The van der Waals surface area contributed by atoms with Crippen molar-refractivity contribution in [3.05, 3.63) is 58.6 Å². The topological polar surface area (TPSA) is 79.5 Å². The first-order chi connectivity index (χ1) is 13.5. The number of hydrogen-bond donors (Lipinski definition) is 3. The molecule has 0 atom stereocenters. The number of urea groups is 1. The molecule has 1 saturated heterocycles. The highest BCUT2D eigenvalue weighted by molar-refractivity contribution is 9.10. The molecular weight excluding hydrogens is 422 g/mol. The molecule has 6 nitrogen and oxygen atoms in total. The second-order valence-corrected chi connectivity index (χ2v) is 7.64. The molecule has 0 bridgehead atoms. The van der Waals surface area contributed by atoms with Crippen LogP contribution in [-0.2, 0) is 14.9 Å². The molecule has 3 amide bonds. The molecule has 1 aliphatic heterocycles. The number of rotatable bonds is 5. The molecular formula is C21H24BrN3O3. The molecule has 0 saturated carbocycles. The van der Waals surface area contributed by atoms with Crippen molar-refractivity contribution in [3.63, 3.8) is 0 Å². The summed E-state index contributed by atoms with van der Waals surface area (Å²) in [5.41, 5.74) is 1.60. The molecule has 1 aliphatic rings. The second kappa shape index (κ2) is 9.21. The third kappa shape index (κ3) is 4.72. The molecule has 0 spiro atoms. The van der Waals surface area contributed by atoms with E-state index in [9.17, 15) is 9.59 Å². The van der Waals surface area contributed by atoms with Gasteiger partial charge >= 0.3 is 6.03 Å². The van der Waals surface area contributed by atoms with Crippen LogP contribution in [0.5, 0.6) is 0 Å². The number of halogens is 1. The van der Waals surface area contributed by atoms with Crippen LogP contribution in [0.1, 0.15) is 25.3 Å². The third-order valence-corrected chi connectivity index (χ3v) is 5.42. The van der Waals surface area contributed by atoms with Crippen molar-refractivity contribution in [1.29, 1.82) is 0 Å². The molecule has 148 valence electrons. The first-order valence-electron chi connectivity index (χ1n) is 9.34. The van der Waals surface area contributed by atoms with E-state index in [1.807, 2.05) is 37.3 Å². The molecule has 0 radical (unpaired) electrons. The van der Waals surface area contributed by atoms with Crippen LogP contribution >= 0.6 is 15.9 Å². The van der Waals surface area contributed by atoms with E-state index in [-0.39, 0.29) is 11.9 Å². The lowest BCUT2D eigenvalue weighted by Gasteiger charge is -2.36. The number of ether oxygens (including phenoxy) is 1. The number of anilines is 2. The molecule has 7 heteroatoms. The fraction of sp³-hybridized carbons (Fsp3) is 0.333. The number of amides is 3. The van der Waals surface area contributed by atoms with Crippen LogP contribution in [0.15, 0.2) is 53.0 Å². The van der Waals surface area contributed by atoms with E-state index in [4.69, 9.17) is 4.74 Å². The van der Waals surface area contributed by atoms with Crippen molar-refractivity contribution in [2.45, 2.75) is 25.2 Å². The first kappa shape index (κ1) is 20.4. The summed E-state index contributed by atoms with van der Waals surface area (Å²) in [5, 5.41) is 8.47. The van der Waals surface area contributed by atoms with E-state index in [0.29, 0.717) is 44.0 Å². The number of hydrogen-bond acceptors (Lipinski definition) is 3. The minimum Gasteiger partial charge on any atom is -0.381 e. The Labute approximate surface area is 173 Å². The highest BCUT2D eigenvalue weighted by Gasteiger charge is 2.41. The Hall–Kier alpha value is -2.38. The van der Waals surface area contributed by atoms with Gasteiger partial charge in [0.15, 0.2) is 0 Å². The summed E-state index contributed by atoms with van der Waals surface area (Å²) < 4.78 is 6.49. The summed E-state index contributed by atoms with van der Waals surface area (Å²) in [5.74, 6) is -0.0618. The summed E-state index contributed by atoms with van der Waals surface area (Å²) in [4.78, 5) is 25.1. The van der Waals surface area contributed by atoms with Crippen molar-refractivity contribution >= 4 is 39.2 Å². The molecule has 2 aromatic carbocycles. The number of carbonyl (C=O) groups excluding carboxylic acids is 2. The van der Waals surface area contributed by atoms with Crippen molar-refractivity contribution in [1.82, 2.24) is 5.32 Å². The first-order valence-corrected chi connectivity index (χ1v) is 10.1. The van der Waals surface area contributed by atoms with E-state index in [0.717, 1.165) is 10.0 Å². The Morgan fingerprint density at radius 2 is 1.68 bits per heavy atom. The van der Waals surface area contributed by atoms with Crippen LogP contribution in [0.2, 0.25) is 0 Å². The van der Waals surface area contributed by atoms with Crippen LogP contribution in [0, 0.1) is 0 Å². The predicted octanol–water partition coefficient (Wildman–Crippen LogP) is 4.28.